The summed E-state index contributed by atoms with van der Waals surface area (Å²) >= 11 is 0. The average molecular weight is 298 g/mol. The van der Waals surface area contributed by atoms with Gasteiger partial charge in [0, 0.05) is 0 Å². The molecule has 0 bridgehead atoms. The SMILES string of the molecule is CCOc1ccc(C(NC(=O)CNC)c2ccccc2)cc1. The first-order chi connectivity index (χ1) is 10.7. The molecule has 0 spiro atoms. The molecule has 2 N–H and O–H groups in total. The molecule has 0 radical (unpaired) electrons. The highest BCUT2D eigenvalue weighted by Crippen LogP contribution is 2.24. The molecule has 0 fully saturated rings. The molecule has 1 unspecified atom stereocenters. The summed E-state index contributed by atoms with van der Waals surface area (Å²) in [5.41, 5.74) is 2.08. The number of hydrogen-bond acceptors (Lipinski definition) is 3. The van der Waals surface area contributed by atoms with Crippen molar-refractivity contribution in [1.29, 1.82) is 0 Å². The molecule has 0 aliphatic heterocycles. The van der Waals surface area contributed by atoms with Crippen LogP contribution in [0.2, 0.25) is 0 Å². The van der Waals surface area contributed by atoms with Gasteiger partial charge in [-0.2, -0.15) is 0 Å². The van der Waals surface area contributed by atoms with Crippen LogP contribution < -0.4 is 15.4 Å². The highest BCUT2D eigenvalue weighted by Gasteiger charge is 2.16. The van der Waals surface area contributed by atoms with E-state index in [0.717, 1.165) is 16.9 Å². The standard InChI is InChI=1S/C18H22N2O2/c1-3-22-16-11-9-15(10-12-16)18(20-17(21)13-19-2)14-7-5-4-6-8-14/h4-12,18-19H,3,13H2,1-2H3,(H,20,21). The fraction of sp³-hybridized carbons (Fsp3) is 0.278. The lowest BCUT2D eigenvalue weighted by molar-refractivity contribution is -0.120. The van der Waals surface area contributed by atoms with E-state index in [0.29, 0.717) is 13.2 Å². The van der Waals surface area contributed by atoms with Gasteiger partial charge in [-0.05, 0) is 37.2 Å². The number of carbonyl (C=O) groups excluding carboxylic acids is 1. The zero-order valence-electron chi connectivity index (χ0n) is 13.0. The Kier molecular flexibility index (Phi) is 5.98. The normalized spacial score (nSPS) is 11.7. The largest absolute Gasteiger partial charge is 0.494 e. The Morgan fingerprint density at radius 1 is 1.05 bits per heavy atom. The van der Waals surface area contributed by atoms with Crippen LogP contribution in [0.15, 0.2) is 54.6 Å². The molecular formula is C18H22N2O2. The van der Waals surface area contributed by atoms with Crippen molar-refractivity contribution in [2.45, 2.75) is 13.0 Å². The van der Waals surface area contributed by atoms with Crippen molar-refractivity contribution in [3.8, 4) is 5.75 Å². The highest BCUT2D eigenvalue weighted by atomic mass is 16.5. The van der Waals surface area contributed by atoms with Gasteiger partial charge >= 0.3 is 0 Å². The lowest BCUT2D eigenvalue weighted by Gasteiger charge is -2.20. The molecule has 1 atom stereocenters. The summed E-state index contributed by atoms with van der Waals surface area (Å²) in [6.07, 6.45) is 0. The number of hydrogen-bond donors (Lipinski definition) is 2. The van der Waals surface area contributed by atoms with Crippen LogP contribution in [0.5, 0.6) is 5.75 Å². The minimum absolute atomic E-state index is 0.0368. The molecule has 0 aliphatic rings. The zero-order valence-corrected chi connectivity index (χ0v) is 13.0. The molecule has 4 nitrogen and oxygen atoms in total. The summed E-state index contributed by atoms with van der Waals surface area (Å²) in [4.78, 5) is 12.0. The third-order valence-corrected chi connectivity index (χ3v) is 3.30. The maximum atomic E-state index is 12.0. The molecule has 116 valence electrons. The topological polar surface area (TPSA) is 50.4 Å². The minimum atomic E-state index is -0.169. The molecule has 0 heterocycles. The van der Waals surface area contributed by atoms with E-state index < -0.39 is 0 Å². The van der Waals surface area contributed by atoms with Crippen molar-refractivity contribution < 1.29 is 9.53 Å². The molecule has 0 aromatic heterocycles. The van der Waals surface area contributed by atoms with Gasteiger partial charge in [0.25, 0.3) is 0 Å². The number of carbonyl (C=O) groups is 1. The van der Waals surface area contributed by atoms with Gasteiger partial charge in [0.2, 0.25) is 5.91 Å². The van der Waals surface area contributed by atoms with E-state index in [4.69, 9.17) is 4.74 Å². The second-order valence-corrected chi connectivity index (χ2v) is 4.94. The summed E-state index contributed by atoms with van der Waals surface area (Å²) < 4.78 is 5.47. The van der Waals surface area contributed by atoms with Gasteiger partial charge in [0.05, 0.1) is 19.2 Å². The lowest BCUT2D eigenvalue weighted by atomic mass is 9.98. The van der Waals surface area contributed by atoms with E-state index >= 15 is 0 Å². The van der Waals surface area contributed by atoms with Crippen molar-refractivity contribution in [1.82, 2.24) is 10.6 Å². The van der Waals surface area contributed by atoms with Gasteiger partial charge in [-0.25, -0.2) is 0 Å². The van der Waals surface area contributed by atoms with Crippen LogP contribution in [0.1, 0.15) is 24.1 Å². The highest BCUT2D eigenvalue weighted by molar-refractivity contribution is 5.79. The van der Waals surface area contributed by atoms with Gasteiger partial charge in [0.1, 0.15) is 5.75 Å². The molecule has 22 heavy (non-hydrogen) atoms. The minimum Gasteiger partial charge on any atom is -0.494 e. The van der Waals surface area contributed by atoms with Crippen LogP contribution in [0.3, 0.4) is 0 Å². The Labute approximate surface area is 131 Å². The molecule has 1 amide bonds. The van der Waals surface area contributed by atoms with Crippen molar-refractivity contribution in [3.63, 3.8) is 0 Å². The van der Waals surface area contributed by atoms with Crippen molar-refractivity contribution in [2.75, 3.05) is 20.2 Å². The Balaban J connectivity index is 2.25. The smallest absolute Gasteiger partial charge is 0.234 e. The van der Waals surface area contributed by atoms with Gasteiger partial charge in [-0.3, -0.25) is 4.79 Å². The van der Waals surface area contributed by atoms with E-state index in [9.17, 15) is 4.79 Å². The Morgan fingerprint density at radius 3 is 2.27 bits per heavy atom. The molecule has 4 heteroatoms. The maximum absolute atomic E-state index is 12.0. The molecular weight excluding hydrogens is 276 g/mol. The maximum Gasteiger partial charge on any atom is 0.234 e. The monoisotopic (exact) mass is 298 g/mol. The van der Waals surface area contributed by atoms with Gasteiger partial charge in [0.15, 0.2) is 0 Å². The first-order valence-corrected chi connectivity index (χ1v) is 7.46. The number of rotatable bonds is 7. The van der Waals surface area contributed by atoms with Crippen LogP contribution in [-0.4, -0.2) is 26.1 Å². The Morgan fingerprint density at radius 2 is 1.68 bits per heavy atom. The number of nitrogens with one attached hydrogen (secondary N) is 2. The van der Waals surface area contributed by atoms with Crippen LogP contribution >= 0.6 is 0 Å². The van der Waals surface area contributed by atoms with E-state index in [2.05, 4.69) is 10.6 Å². The van der Waals surface area contributed by atoms with E-state index in [1.165, 1.54) is 0 Å². The van der Waals surface area contributed by atoms with E-state index in [1.807, 2.05) is 61.5 Å². The molecule has 0 aliphatic carbocycles. The van der Waals surface area contributed by atoms with E-state index in [1.54, 1.807) is 7.05 Å². The Bertz CT molecular complexity index is 582. The number of ether oxygens (including phenoxy) is 1. The molecule has 2 rings (SSSR count). The second kappa shape index (κ2) is 8.20. The van der Waals surface area contributed by atoms with Crippen molar-refractivity contribution in [2.24, 2.45) is 0 Å². The van der Waals surface area contributed by atoms with Crippen LogP contribution in [0, 0.1) is 0 Å². The number of likely N-dealkylation sites (N-methyl/N-ethyl adjacent to an activating group) is 1. The summed E-state index contributed by atoms with van der Waals surface area (Å²) in [6.45, 7) is 2.89. The van der Waals surface area contributed by atoms with Crippen LogP contribution in [0.25, 0.3) is 0 Å². The molecule has 2 aromatic rings. The average Bonchev–Trinajstić information content (AvgIpc) is 2.55. The number of amides is 1. The van der Waals surface area contributed by atoms with Gasteiger partial charge < -0.3 is 15.4 Å². The van der Waals surface area contributed by atoms with Crippen LogP contribution in [0.4, 0.5) is 0 Å². The lowest BCUT2D eigenvalue weighted by Crippen LogP contribution is -2.35. The number of benzene rings is 2. The fourth-order valence-corrected chi connectivity index (χ4v) is 2.30. The fourth-order valence-electron chi connectivity index (χ4n) is 2.30. The molecule has 2 aromatic carbocycles. The second-order valence-electron chi connectivity index (χ2n) is 4.94. The summed E-state index contributed by atoms with van der Waals surface area (Å²) in [5.74, 6) is 0.796. The summed E-state index contributed by atoms with van der Waals surface area (Å²) in [7, 11) is 1.76. The van der Waals surface area contributed by atoms with Crippen molar-refractivity contribution in [3.05, 3.63) is 65.7 Å². The molecule has 0 saturated carbocycles. The first-order valence-electron chi connectivity index (χ1n) is 7.46. The van der Waals surface area contributed by atoms with Gasteiger partial charge in [-0.15, -0.1) is 0 Å². The summed E-state index contributed by atoms with van der Waals surface area (Å²) in [6, 6.07) is 17.6. The van der Waals surface area contributed by atoms with Gasteiger partial charge in [-0.1, -0.05) is 42.5 Å². The first kappa shape index (κ1) is 16.0. The van der Waals surface area contributed by atoms with Crippen LogP contribution in [-0.2, 0) is 4.79 Å². The van der Waals surface area contributed by atoms with E-state index in [-0.39, 0.29) is 11.9 Å². The third-order valence-electron chi connectivity index (χ3n) is 3.30. The predicted molar refractivity (Wildman–Crippen MR) is 88.0 cm³/mol. The predicted octanol–water partition coefficient (Wildman–Crippen LogP) is 2.51. The zero-order chi connectivity index (χ0) is 15.8. The third kappa shape index (κ3) is 4.33. The summed E-state index contributed by atoms with van der Waals surface area (Å²) in [5, 5.41) is 5.93. The molecule has 0 saturated heterocycles. The quantitative estimate of drug-likeness (QED) is 0.826. The Hall–Kier alpha value is -2.33. The van der Waals surface area contributed by atoms with Crippen molar-refractivity contribution >= 4 is 5.91 Å².